The first-order valence-electron chi connectivity index (χ1n) is 8.61. The Bertz CT molecular complexity index is 890. The zero-order valence-corrected chi connectivity index (χ0v) is 17.3. The molecule has 0 fully saturated rings. The second-order valence-electron chi connectivity index (χ2n) is 6.41. The molecule has 0 atom stereocenters. The van der Waals surface area contributed by atoms with Crippen LogP contribution in [0.25, 0.3) is 0 Å². The summed E-state index contributed by atoms with van der Waals surface area (Å²) in [5.74, 6) is -1.59. The zero-order valence-electron chi connectivity index (χ0n) is 15.8. The van der Waals surface area contributed by atoms with Crippen LogP contribution >= 0.6 is 23.2 Å². The maximum atomic E-state index is 11.6. The molecule has 0 amide bonds. The third-order valence-corrected chi connectivity index (χ3v) is 4.23. The normalized spacial score (nSPS) is 10.3. The van der Waals surface area contributed by atoms with Gasteiger partial charge < -0.3 is 9.47 Å². The van der Waals surface area contributed by atoms with Gasteiger partial charge in [0.25, 0.3) is 0 Å². The van der Waals surface area contributed by atoms with E-state index in [1.54, 1.807) is 36.4 Å². The summed E-state index contributed by atoms with van der Waals surface area (Å²) in [6.45, 7) is 2.60. The number of carbonyl (C=O) groups excluding carboxylic acids is 4. The summed E-state index contributed by atoms with van der Waals surface area (Å²) < 4.78 is 10.2. The summed E-state index contributed by atoms with van der Waals surface area (Å²) in [4.78, 5) is 45.1. The van der Waals surface area contributed by atoms with E-state index in [0.717, 1.165) is 11.1 Å². The molecule has 0 saturated heterocycles. The fourth-order valence-electron chi connectivity index (χ4n) is 2.43. The van der Waals surface area contributed by atoms with E-state index in [1.165, 1.54) is 13.8 Å². The van der Waals surface area contributed by atoms with Crippen LogP contribution in [0.3, 0.4) is 0 Å². The molecule has 0 aliphatic rings. The number of ketones is 2. The predicted molar refractivity (Wildman–Crippen MR) is 108 cm³/mol. The minimum atomic E-state index is -0.672. The third-order valence-electron chi connectivity index (χ3n) is 3.63. The number of Topliss-reactive ketones (excluding diaryl/α,β-unsaturated/α-hetero) is 2. The van der Waals surface area contributed by atoms with E-state index in [9.17, 15) is 19.2 Å². The standard InChI is InChI=1S/C21H18Cl2O6/c1-12(24)7-20(26)28-18-5-3-14(10-16(18)22)9-15-4-6-19(17(23)11-15)29-21(27)8-13(2)25/h3-6,10-11H,7-9H2,1-2H3. The Morgan fingerprint density at radius 1 is 0.724 bits per heavy atom. The molecule has 0 aliphatic carbocycles. The first kappa shape index (κ1) is 22.6. The van der Waals surface area contributed by atoms with Crippen molar-refractivity contribution in [2.75, 3.05) is 0 Å². The average molecular weight is 437 g/mol. The highest BCUT2D eigenvalue weighted by Crippen LogP contribution is 2.29. The van der Waals surface area contributed by atoms with Crippen LogP contribution in [0.4, 0.5) is 0 Å². The van der Waals surface area contributed by atoms with Crippen LogP contribution in [0.2, 0.25) is 10.0 Å². The van der Waals surface area contributed by atoms with Crippen molar-refractivity contribution >= 4 is 46.7 Å². The summed E-state index contributed by atoms with van der Waals surface area (Å²) in [6, 6.07) is 9.86. The Morgan fingerprint density at radius 2 is 1.10 bits per heavy atom. The highest BCUT2D eigenvalue weighted by atomic mass is 35.5. The van der Waals surface area contributed by atoms with E-state index in [-0.39, 0.29) is 46.0 Å². The van der Waals surface area contributed by atoms with Crippen LogP contribution < -0.4 is 9.47 Å². The highest BCUT2D eigenvalue weighted by Gasteiger charge is 2.13. The van der Waals surface area contributed by atoms with Crippen molar-refractivity contribution in [3.05, 3.63) is 57.6 Å². The monoisotopic (exact) mass is 436 g/mol. The molecule has 0 aromatic heterocycles. The van der Waals surface area contributed by atoms with Crippen LogP contribution in [0.5, 0.6) is 11.5 Å². The van der Waals surface area contributed by atoms with Crippen molar-refractivity contribution in [2.24, 2.45) is 0 Å². The molecule has 8 heteroatoms. The van der Waals surface area contributed by atoms with E-state index >= 15 is 0 Å². The molecule has 2 aromatic carbocycles. The van der Waals surface area contributed by atoms with Crippen molar-refractivity contribution < 1.29 is 28.7 Å². The Morgan fingerprint density at radius 3 is 1.41 bits per heavy atom. The van der Waals surface area contributed by atoms with E-state index in [4.69, 9.17) is 32.7 Å². The van der Waals surface area contributed by atoms with Crippen molar-refractivity contribution in [3.63, 3.8) is 0 Å². The highest BCUT2D eigenvalue weighted by molar-refractivity contribution is 6.32. The lowest BCUT2D eigenvalue weighted by Gasteiger charge is -2.10. The fraction of sp³-hybridized carbons (Fsp3) is 0.238. The summed E-state index contributed by atoms with van der Waals surface area (Å²) >= 11 is 12.3. The quantitative estimate of drug-likeness (QED) is 0.347. The van der Waals surface area contributed by atoms with Crippen LogP contribution in [0.1, 0.15) is 37.8 Å². The van der Waals surface area contributed by atoms with Crippen LogP contribution in [-0.4, -0.2) is 23.5 Å². The summed E-state index contributed by atoms with van der Waals surface area (Å²) in [5.41, 5.74) is 1.66. The van der Waals surface area contributed by atoms with E-state index < -0.39 is 11.9 Å². The number of benzene rings is 2. The number of hydrogen-bond donors (Lipinski definition) is 0. The second-order valence-corrected chi connectivity index (χ2v) is 7.23. The molecule has 2 rings (SSSR count). The fourth-order valence-corrected chi connectivity index (χ4v) is 2.92. The molecule has 0 heterocycles. The number of halogens is 2. The van der Waals surface area contributed by atoms with Gasteiger partial charge in [-0.3, -0.25) is 19.2 Å². The van der Waals surface area contributed by atoms with Gasteiger partial charge in [-0.05, 0) is 55.7 Å². The van der Waals surface area contributed by atoms with Crippen molar-refractivity contribution in [3.8, 4) is 11.5 Å². The third kappa shape index (κ3) is 7.33. The molecule has 6 nitrogen and oxygen atoms in total. The maximum absolute atomic E-state index is 11.6. The minimum Gasteiger partial charge on any atom is -0.425 e. The molecule has 0 unspecified atom stereocenters. The molecular formula is C21H18Cl2O6. The topological polar surface area (TPSA) is 86.7 Å². The van der Waals surface area contributed by atoms with Gasteiger partial charge in [0.05, 0.1) is 10.0 Å². The number of esters is 2. The molecule has 2 aromatic rings. The zero-order chi connectivity index (χ0) is 21.6. The molecule has 0 saturated carbocycles. The van der Waals surface area contributed by atoms with Crippen LogP contribution in [-0.2, 0) is 25.6 Å². The second kappa shape index (κ2) is 10.2. The van der Waals surface area contributed by atoms with Gasteiger partial charge in [-0.2, -0.15) is 0 Å². The van der Waals surface area contributed by atoms with E-state index in [1.807, 2.05) is 0 Å². The number of rotatable bonds is 8. The van der Waals surface area contributed by atoms with Crippen LogP contribution in [0.15, 0.2) is 36.4 Å². The Hall–Kier alpha value is -2.70. The van der Waals surface area contributed by atoms with Gasteiger partial charge in [-0.25, -0.2) is 0 Å². The molecule has 0 bridgehead atoms. The molecule has 0 N–H and O–H groups in total. The van der Waals surface area contributed by atoms with Gasteiger partial charge in [0.2, 0.25) is 0 Å². The molecule has 29 heavy (non-hydrogen) atoms. The first-order valence-corrected chi connectivity index (χ1v) is 9.36. The van der Waals surface area contributed by atoms with Gasteiger partial charge in [0, 0.05) is 0 Å². The molecule has 0 radical (unpaired) electrons. The number of ether oxygens (including phenoxy) is 2. The molecule has 152 valence electrons. The summed E-state index contributed by atoms with van der Waals surface area (Å²) in [7, 11) is 0. The largest absolute Gasteiger partial charge is 0.425 e. The van der Waals surface area contributed by atoms with Crippen molar-refractivity contribution in [1.82, 2.24) is 0 Å². The average Bonchev–Trinajstić information content (AvgIpc) is 2.58. The SMILES string of the molecule is CC(=O)CC(=O)Oc1ccc(Cc2ccc(OC(=O)CC(C)=O)c(Cl)c2)cc1Cl. The lowest BCUT2D eigenvalue weighted by atomic mass is 10.0. The van der Waals surface area contributed by atoms with Crippen molar-refractivity contribution in [2.45, 2.75) is 33.1 Å². The lowest BCUT2D eigenvalue weighted by Crippen LogP contribution is -2.12. The van der Waals surface area contributed by atoms with Crippen molar-refractivity contribution in [1.29, 1.82) is 0 Å². The smallest absolute Gasteiger partial charge is 0.318 e. The Balaban J connectivity index is 2.06. The molecule has 0 aliphatic heterocycles. The van der Waals surface area contributed by atoms with Gasteiger partial charge in [-0.15, -0.1) is 0 Å². The lowest BCUT2D eigenvalue weighted by molar-refractivity contribution is -0.139. The van der Waals surface area contributed by atoms with Gasteiger partial charge in [0.15, 0.2) is 0 Å². The summed E-state index contributed by atoms with van der Waals surface area (Å²) in [6.07, 6.45) is -0.164. The van der Waals surface area contributed by atoms with E-state index in [0.29, 0.717) is 6.42 Å². The van der Waals surface area contributed by atoms with Gasteiger partial charge in [0.1, 0.15) is 35.9 Å². The van der Waals surface area contributed by atoms with Gasteiger partial charge in [-0.1, -0.05) is 35.3 Å². The Labute approximate surface area is 177 Å². The van der Waals surface area contributed by atoms with Crippen LogP contribution in [0, 0.1) is 0 Å². The first-order chi connectivity index (χ1) is 13.6. The summed E-state index contributed by atoms with van der Waals surface area (Å²) in [5, 5.41) is 0.473. The van der Waals surface area contributed by atoms with Gasteiger partial charge >= 0.3 is 11.9 Å². The maximum Gasteiger partial charge on any atom is 0.318 e. The Kier molecular flexibility index (Phi) is 7.93. The number of carbonyl (C=O) groups is 4. The molecular weight excluding hydrogens is 419 g/mol. The predicted octanol–water partition coefficient (Wildman–Crippen LogP) is 4.35. The molecule has 0 spiro atoms. The minimum absolute atomic E-state index is 0.174. The number of hydrogen-bond acceptors (Lipinski definition) is 6. The van der Waals surface area contributed by atoms with E-state index in [2.05, 4.69) is 0 Å².